The number of methoxy groups -OCH3 is 1. The first-order valence-electron chi connectivity index (χ1n) is 16.8. The van der Waals surface area contributed by atoms with Crippen molar-refractivity contribution in [3.8, 4) is 22.8 Å². The Labute approximate surface area is 323 Å². The Balaban J connectivity index is 0.00000541. The Morgan fingerprint density at radius 1 is 1.02 bits per heavy atom. The van der Waals surface area contributed by atoms with Crippen LogP contribution in [-0.2, 0) is 21.9 Å². The first-order valence-corrected chi connectivity index (χ1v) is 16.8. The minimum atomic E-state index is -5.32. The van der Waals surface area contributed by atoms with E-state index in [1.54, 1.807) is 13.3 Å². The second-order valence-corrected chi connectivity index (χ2v) is 13.6. The van der Waals surface area contributed by atoms with Gasteiger partial charge in [-0.05, 0) is 38.3 Å². The van der Waals surface area contributed by atoms with Gasteiger partial charge < -0.3 is 29.4 Å². The van der Waals surface area contributed by atoms with Crippen molar-refractivity contribution in [1.29, 1.82) is 0 Å². The van der Waals surface area contributed by atoms with Gasteiger partial charge in [0.05, 0.1) is 35.9 Å². The van der Waals surface area contributed by atoms with Gasteiger partial charge in [-0.2, -0.15) is 26.3 Å². The molecule has 2 aliphatic rings. The van der Waals surface area contributed by atoms with E-state index < -0.39 is 29.6 Å². The molecular formula is C34H38F6N9NaO3. The number of rotatable bonds is 11. The number of halogens is 6. The number of carboxylic acid groups (broad SMARTS) is 1. The molecule has 1 atom stereocenters. The van der Waals surface area contributed by atoms with Crippen LogP contribution in [0, 0.1) is 5.41 Å². The number of aliphatic carboxylic acids is 1. The summed E-state index contributed by atoms with van der Waals surface area (Å²) in [7, 11) is 3.46. The van der Waals surface area contributed by atoms with E-state index in [1.807, 2.05) is 18.9 Å². The summed E-state index contributed by atoms with van der Waals surface area (Å²) in [5.41, 5.74) is -2.97. The molecule has 1 saturated heterocycles. The number of piperazine rings is 1. The van der Waals surface area contributed by atoms with Gasteiger partial charge in [0.15, 0.2) is 17.2 Å². The summed E-state index contributed by atoms with van der Waals surface area (Å²) in [6, 6.07) is 1.97. The third kappa shape index (κ3) is 9.04. The largest absolute Gasteiger partial charge is 1.00 e. The number of fused-ring (bicyclic) bond motifs is 1. The van der Waals surface area contributed by atoms with Crippen LogP contribution < -0.4 is 44.5 Å². The van der Waals surface area contributed by atoms with Crippen LogP contribution in [0.1, 0.15) is 50.3 Å². The normalized spacial score (nSPS) is 18.0. The van der Waals surface area contributed by atoms with Crippen LogP contribution in [-0.4, -0.2) is 100 Å². The number of H-pyrrole nitrogens is 1. The number of nitrogens with zero attached hydrogens (tertiary/aromatic N) is 8. The van der Waals surface area contributed by atoms with Crippen molar-refractivity contribution in [2.45, 2.75) is 57.4 Å². The molecule has 4 aromatic rings. The Hall–Kier alpha value is -3.58. The third-order valence-electron chi connectivity index (χ3n) is 9.82. The Morgan fingerprint density at radius 2 is 1.75 bits per heavy atom. The van der Waals surface area contributed by atoms with Crippen molar-refractivity contribution in [1.82, 2.24) is 34.8 Å². The number of alkyl halides is 6. The van der Waals surface area contributed by atoms with Crippen molar-refractivity contribution < 1.29 is 70.5 Å². The number of imidazole rings is 1. The predicted octanol–water partition coefficient (Wildman–Crippen LogP) is 1.81. The number of aromatic amines is 1. The number of nitrogens with one attached hydrogen (secondary N) is 1. The topological polar surface area (TPSA) is 139 Å². The molecule has 0 amide bonds. The van der Waals surface area contributed by atoms with Crippen LogP contribution in [0.2, 0.25) is 0 Å². The maximum atomic E-state index is 13.9. The van der Waals surface area contributed by atoms with Crippen LogP contribution in [0.3, 0.4) is 0 Å². The summed E-state index contributed by atoms with van der Waals surface area (Å²) in [5.74, 6) is -0.200. The van der Waals surface area contributed by atoms with Gasteiger partial charge >= 0.3 is 41.9 Å². The van der Waals surface area contributed by atoms with Crippen LogP contribution in [0.15, 0.2) is 30.7 Å². The molecule has 0 aromatic carbocycles. The van der Waals surface area contributed by atoms with Crippen LogP contribution >= 0.6 is 0 Å². The quantitative estimate of drug-likeness (QED) is 0.177. The van der Waals surface area contributed by atoms with Gasteiger partial charge in [0, 0.05) is 76.1 Å². The number of aromatic nitrogens is 6. The van der Waals surface area contributed by atoms with Crippen molar-refractivity contribution in [2.24, 2.45) is 5.41 Å². The van der Waals surface area contributed by atoms with E-state index in [0.717, 1.165) is 31.9 Å². The summed E-state index contributed by atoms with van der Waals surface area (Å²) in [6.45, 7) is 5.31. The summed E-state index contributed by atoms with van der Waals surface area (Å²) < 4.78 is 87.8. The van der Waals surface area contributed by atoms with Crippen LogP contribution in [0.5, 0.6) is 0 Å². The van der Waals surface area contributed by atoms with E-state index in [4.69, 9.17) is 4.74 Å². The molecule has 0 bridgehead atoms. The number of carbonyl (C=O) groups is 1. The van der Waals surface area contributed by atoms with Crippen LogP contribution in [0.4, 0.5) is 37.8 Å². The van der Waals surface area contributed by atoms with Gasteiger partial charge in [-0.25, -0.2) is 19.9 Å². The molecule has 1 saturated carbocycles. The summed E-state index contributed by atoms with van der Waals surface area (Å²) in [4.78, 5) is 41.7. The summed E-state index contributed by atoms with van der Waals surface area (Å²) >= 11 is 0. The van der Waals surface area contributed by atoms with E-state index in [2.05, 4.69) is 39.7 Å². The maximum absolute atomic E-state index is 13.9. The fraction of sp³-hybridized carbons (Fsp3) is 0.529. The Morgan fingerprint density at radius 3 is 2.36 bits per heavy atom. The Bertz CT molecular complexity index is 1900. The Kier molecular flexibility index (Phi) is 12.3. The SMILES string of the molecule is COCC1(CN(C)c2cc(-c3cnc(C(F)(F)F)c(C(F)(F)F)c3)nc3nc(-c4cnc(N5CCN(CCC(=O)[O-])C[C@H]5C)cn4)[nH]c23)CCCC1.[Na+]. The van der Waals surface area contributed by atoms with Gasteiger partial charge in [0.2, 0.25) is 0 Å². The first-order chi connectivity index (χ1) is 24.6. The molecule has 4 aromatic heterocycles. The summed E-state index contributed by atoms with van der Waals surface area (Å²) in [6.07, 6.45) is -2.95. The molecular weight excluding hydrogens is 719 g/mol. The molecule has 5 heterocycles. The molecule has 0 spiro atoms. The molecule has 53 heavy (non-hydrogen) atoms. The van der Waals surface area contributed by atoms with Gasteiger partial charge in [-0.1, -0.05) is 12.8 Å². The zero-order valence-corrected chi connectivity index (χ0v) is 31.8. The predicted molar refractivity (Wildman–Crippen MR) is 177 cm³/mol. The van der Waals surface area contributed by atoms with E-state index in [1.165, 1.54) is 12.3 Å². The standard InChI is InChI=1S/C34H39F6N9O3.Na/c1-20-17-48(9-6-27(50)51)10-11-49(20)26-16-41-24(15-42-26)30-45-28-25(47(2)18-32(19-52-3)7-4-5-8-32)13-23(44-31(28)46-30)21-12-22(33(35,36)37)29(43-14-21)34(38,39)40;/h12-16,20H,4-11,17-19H2,1-3H3,(H,50,51)(H,44,45,46);/q;+1/p-1/t20-;/m1./s1. The van der Waals surface area contributed by atoms with Crippen LogP contribution in [0.25, 0.3) is 33.9 Å². The van der Waals surface area contributed by atoms with Crippen molar-refractivity contribution in [2.75, 3.05) is 63.3 Å². The zero-order valence-electron chi connectivity index (χ0n) is 29.8. The molecule has 12 nitrogen and oxygen atoms in total. The molecule has 0 radical (unpaired) electrons. The van der Waals surface area contributed by atoms with Gasteiger partial charge in [0.1, 0.15) is 17.0 Å². The maximum Gasteiger partial charge on any atom is 1.00 e. The number of pyridine rings is 2. The molecule has 19 heteroatoms. The monoisotopic (exact) mass is 757 g/mol. The smallest absolute Gasteiger partial charge is 0.550 e. The third-order valence-corrected chi connectivity index (χ3v) is 9.82. The minimum Gasteiger partial charge on any atom is -0.550 e. The number of carbonyl (C=O) groups excluding carboxylic acids is 1. The molecule has 0 unspecified atom stereocenters. The molecule has 1 aliphatic carbocycles. The van der Waals surface area contributed by atoms with Crippen molar-refractivity contribution >= 4 is 28.6 Å². The number of carboxylic acids is 1. The fourth-order valence-electron chi connectivity index (χ4n) is 7.37. The minimum absolute atomic E-state index is 0. The molecule has 280 valence electrons. The van der Waals surface area contributed by atoms with Gasteiger partial charge in [0.25, 0.3) is 0 Å². The van der Waals surface area contributed by atoms with Gasteiger partial charge in [-0.15, -0.1) is 0 Å². The zero-order chi connectivity index (χ0) is 37.4. The number of hydrogen-bond donors (Lipinski definition) is 1. The van der Waals surface area contributed by atoms with Crippen molar-refractivity contribution in [3.05, 3.63) is 42.0 Å². The molecule has 6 rings (SSSR count). The number of hydrogen-bond acceptors (Lipinski definition) is 11. The average molecular weight is 758 g/mol. The molecule has 1 N–H and O–H groups in total. The van der Waals surface area contributed by atoms with Gasteiger partial charge in [-0.3, -0.25) is 9.88 Å². The second kappa shape index (κ2) is 16.0. The number of anilines is 2. The van der Waals surface area contributed by atoms with E-state index >= 15 is 0 Å². The van der Waals surface area contributed by atoms with E-state index in [-0.39, 0.29) is 70.2 Å². The van der Waals surface area contributed by atoms with E-state index in [9.17, 15) is 36.2 Å². The summed E-state index contributed by atoms with van der Waals surface area (Å²) in [5, 5.41) is 10.9. The molecule has 1 aliphatic heterocycles. The van der Waals surface area contributed by atoms with E-state index in [0.29, 0.717) is 68.1 Å². The molecule has 2 fully saturated rings. The first kappa shape index (κ1) is 40.6. The second-order valence-electron chi connectivity index (χ2n) is 13.6. The number of ether oxygens (including phenoxy) is 1. The van der Waals surface area contributed by atoms with Crippen molar-refractivity contribution in [3.63, 3.8) is 0 Å². The fourth-order valence-corrected chi connectivity index (χ4v) is 7.37. The average Bonchev–Trinajstić information content (AvgIpc) is 3.73.